The Balaban J connectivity index is 4.02. The van der Waals surface area contributed by atoms with Crippen molar-refractivity contribution in [3.63, 3.8) is 0 Å². The van der Waals surface area contributed by atoms with E-state index >= 15 is 0 Å². The van der Waals surface area contributed by atoms with E-state index in [4.69, 9.17) is 0 Å². The Morgan fingerprint density at radius 1 is 1.12 bits per heavy atom. The molecule has 0 amide bonds. The van der Waals surface area contributed by atoms with Crippen LogP contribution in [0, 0.1) is 0 Å². The maximum atomic E-state index is 2.86. The first-order valence-corrected chi connectivity index (χ1v) is 3.62. The summed E-state index contributed by atoms with van der Waals surface area (Å²) in [4.78, 5) is 0. The highest BCUT2D eigenvalue weighted by atomic mass is 31.0. The number of hydrogen-bond acceptors (Lipinski definition) is 0. The quantitative estimate of drug-likeness (QED) is 0.345. The van der Waals surface area contributed by atoms with Crippen molar-refractivity contribution in [3.8, 4) is 0 Å². The lowest BCUT2D eigenvalue weighted by Gasteiger charge is -2.34. The molecule has 0 rings (SSSR count). The van der Waals surface area contributed by atoms with Crippen LogP contribution in [0.2, 0.25) is 5.21 Å². The molecule has 0 aromatic rings. The fraction of sp³-hybridized carbons (Fsp3) is 1.00. The summed E-state index contributed by atoms with van der Waals surface area (Å²) in [5, 5.41) is 0.755. The first-order chi connectivity index (χ1) is 3.25. The van der Waals surface area contributed by atoms with E-state index in [1.807, 2.05) is 0 Å². The van der Waals surface area contributed by atoms with E-state index < -0.39 is 0 Å². The zero-order valence-electron chi connectivity index (χ0n) is 6.58. The summed E-state index contributed by atoms with van der Waals surface area (Å²) in [6, 6.07) is 0. The highest BCUT2D eigenvalue weighted by molar-refractivity contribution is 7.19. The summed E-state index contributed by atoms with van der Waals surface area (Å²) in [5.41, 5.74) is 0. The lowest BCUT2D eigenvalue weighted by molar-refractivity contribution is 0.630. The van der Waals surface area contributed by atoms with E-state index in [9.17, 15) is 0 Å². The smallest absolute Gasteiger partial charge is 0.0999 e. The average Bonchev–Trinajstić information content (AvgIpc) is 1.25. The Morgan fingerprint density at radius 2 is 1.25 bits per heavy atom. The van der Waals surface area contributed by atoms with Crippen LogP contribution >= 0.6 is 9.24 Å². The second kappa shape index (κ2) is 2.06. The van der Waals surface area contributed by atoms with Gasteiger partial charge in [0.1, 0.15) is 0 Å². The molecule has 0 fully saturated rings. The first kappa shape index (κ1) is 8.56. The summed E-state index contributed by atoms with van der Waals surface area (Å²) in [6.07, 6.45) is 0. The Hall–Kier alpha value is 0.560. The normalized spacial score (nSPS) is 14.0. The molecule has 0 aliphatic carbocycles. The second-order valence-corrected chi connectivity index (χ2v) is 5.42. The monoisotopic (exact) mass is 128 g/mol. The van der Waals surface area contributed by atoms with Crippen molar-refractivity contribution in [1.82, 2.24) is 0 Å². The summed E-state index contributed by atoms with van der Waals surface area (Å²) in [7, 11) is 7.36. The van der Waals surface area contributed by atoms with Crippen LogP contribution < -0.4 is 0 Å². The molecule has 0 N–H and O–H groups in total. The van der Waals surface area contributed by atoms with E-state index in [2.05, 4.69) is 45.7 Å². The molecular formula is C5H15B2P. The van der Waals surface area contributed by atoms with Crippen molar-refractivity contribution >= 4 is 24.9 Å². The Morgan fingerprint density at radius 3 is 1.25 bits per heavy atom. The molecule has 3 heteroatoms. The molecule has 8 heavy (non-hydrogen) atoms. The molecule has 0 nitrogen and oxygen atoms in total. The highest BCUT2D eigenvalue weighted by Gasteiger charge is 2.27. The molecule has 46 valence electrons. The van der Waals surface area contributed by atoms with Crippen molar-refractivity contribution in [2.75, 3.05) is 0 Å². The predicted molar refractivity (Wildman–Crippen MR) is 49.2 cm³/mol. The maximum absolute atomic E-state index is 2.86. The largest absolute Gasteiger partial charge is 0.133 e. The molecule has 1 unspecified atom stereocenters. The van der Waals surface area contributed by atoms with E-state index in [0.29, 0.717) is 10.4 Å². The Labute approximate surface area is 56.8 Å². The van der Waals surface area contributed by atoms with Crippen LogP contribution in [0.1, 0.15) is 20.8 Å². The van der Waals surface area contributed by atoms with Gasteiger partial charge in [0.2, 0.25) is 0 Å². The molecule has 0 spiro atoms. The lowest BCUT2D eigenvalue weighted by Crippen LogP contribution is -2.29. The van der Waals surface area contributed by atoms with E-state index in [0.717, 1.165) is 0 Å². The van der Waals surface area contributed by atoms with Gasteiger partial charge >= 0.3 is 0 Å². The fourth-order valence-electron chi connectivity index (χ4n) is 0. The highest BCUT2D eigenvalue weighted by Crippen LogP contribution is 2.38. The molecule has 0 saturated heterocycles. The van der Waals surface area contributed by atoms with Gasteiger partial charge in [-0.2, -0.15) is 0 Å². The lowest BCUT2D eigenvalue weighted by atomic mass is 9.50. The summed E-state index contributed by atoms with van der Waals surface area (Å²) in [5.74, 6) is 0. The topological polar surface area (TPSA) is 0 Å². The number of rotatable bonds is 1. The van der Waals surface area contributed by atoms with Gasteiger partial charge in [-0.15, -0.1) is 9.24 Å². The van der Waals surface area contributed by atoms with E-state index in [1.165, 1.54) is 0 Å². The molecule has 0 aromatic carbocycles. The van der Waals surface area contributed by atoms with Gasteiger partial charge in [0.05, 0.1) is 15.7 Å². The van der Waals surface area contributed by atoms with Gasteiger partial charge in [0, 0.05) is 0 Å². The van der Waals surface area contributed by atoms with Gasteiger partial charge in [-0.3, -0.25) is 0 Å². The summed E-state index contributed by atoms with van der Waals surface area (Å²) in [6.45, 7) is 6.72. The first-order valence-electron chi connectivity index (χ1n) is 3.04. The molecule has 0 heterocycles. The molecule has 0 aromatic heterocycles. The van der Waals surface area contributed by atoms with Gasteiger partial charge in [0.25, 0.3) is 0 Å². The maximum Gasteiger partial charge on any atom is 0.0999 e. The van der Waals surface area contributed by atoms with Gasteiger partial charge in [-0.05, 0) is 5.16 Å². The van der Waals surface area contributed by atoms with Crippen LogP contribution in [0.25, 0.3) is 0 Å². The average molecular weight is 128 g/mol. The van der Waals surface area contributed by atoms with Crippen LogP contribution in [-0.4, -0.2) is 20.8 Å². The van der Waals surface area contributed by atoms with Crippen LogP contribution in [0.3, 0.4) is 0 Å². The molecular weight excluding hydrogens is 113 g/mol. The Kier molecular flexibility index (Phi) is 2.21. The molecule has 0 saturated carbocycles. The molecule has 0 aliphatic rings. The van der Waals surface area contributed by atoms with E-state index in [-0.39, 0.29) is 0 Å². The zero-order chi connectivity index (χ0) is 7.00. The molecule has 0 radical (unpaired) electrons. The van der Waals surface area contributed by atoms with Gasteiger partial charge in [-0.25, -0.2) is 0 Å². The van der Waals surface area contributed by atoms with Crippen LogP contribution in [0.5, 0.6) is 0 Å². The van der Waals surface area contributed by atoms with Crippen LogP contribution in [0.4, 0.5) is 0 Å². The Bertz CT molecular complexity index is 65.4. The minimum absolute atomic E-state index is 0.354. The predicted octanol–water partition coefficient (Wildman–Crippen LogP) is 0.0424. The zero-order valence-corrected chi connectivity index (χ0v) is 7.73. The minimum Gasteiger partial charge on any atom is -0.133 e. The van der Waals surface area contributed by atoms with Crippen LogP contribution in [-0.2, 0) is 0 Å². The van der Waals surface area contributed by atoms with Gasteiger partial charge < -0.3 is 0 Å². The standard InChI is InChI=1S/C5H15B2P/c1-4(2,8)5(3,6)7/h6-8H2,1-3H3. The summed E-state index contributed by atoms with van der Waals surface area (Å²) < 4.78 is 0. The third-order valence-corrected chi connectivity index (χ3v) is 2.80. The number of hydrogen-bond donors (Lipinski definition) is 0. The summed E-state index contributed by atoms with van der Waals surface area (Å²) >= 11 is 0. The van der Waals surface area contributed by atoms with Crippen molar-refractivity contribution in [2.45, 2.75) is 31.1 Å². The van der Waals surface area contributed by atoms with Crippen molar-refractivity contribution < 1.29 is 0 Å². The van der Waals surface area contributed by atoms with E-state index in [1.54, 1.807) is 0 Å². The van der Waals surface area contributed by atoms with Crippen molar-refractivity contribution in [1.29, 1.82) is 0 Å². The van der Waals surface area contributed by atoms with Gasteiger partial charge in [0.15, 0.2) is 0 Å². The van der Waals surface area contributed by atoms with Crippen molar-refractivity contribution in [3.05, 3.63) is 0 Å². The SMILES string of the molecule is BC(B)(C)C(C)(C)P. The molecule has 0 bridgehead atoms. The van der Waals surface area contributed by atoms with Crippen molar-refractivity contribution in [2.24, 2.45) is 0 Å². The van der Waals surface area contributed by atoms with Crippen LogP contribution in [0.15, 0.2) is 0 Å². The third-order valence-electron chi connectivity index (χ3n) is 1.93. The van der Waals surface area contributed by atoms with Gasteiger partial charge in [-0.1, -0.05) is 26.0 Å². The minimum atomic E-state index is 0.354. The third kappa shape index (κ3) is 2.22. The fourth-order valence-corrected chi connectivity index (χ4v) is 0. The molecule has 1 atom stereocenters. The second-order valence-electron chi connectivity index (χ2n) is 3.97. The molecule has 0 aliphatic heterocycles.